The van der Waals surface area contributed by atoms with Gasteiger partial charge in [0.2, 0.25) is 5.75 Å². The lowest BCUT2D eigenvalue weighted by molar-refractivity contribution is -0.120. The van der Waals surface area contributed by atoms with Crippen LogP contribution in [0.15, 0.2) is 30.3 Å². The first-order valence-electron chi connectivity index (χ1n) is 8.22. The van der Waals surface area contributed by atoms with Crippen molar-refractivity contribution in [3.8, 4) is 17.2 Å². The highest BCUT2D eigenvalue weighted by molar-refractivity contribution is 6.33. The first-order valence-corrected chi connectivity index (χ1v) is 8.60. The molecule has 2 aromatic carbocycles. The van der Waals surface area contributed by atoms with E-state index in [1.165, 1.54) is 26.4 Å². The summed E-state index contributed by atoms with van der Waals surface area (Å²) >= 11 is 6.24. The highest BCUT2D eigenvalue weighted by Gasteiger charge is 2.19. The maximum absolute atomic E-state index is 12.7. The number of rotatable bonds is 8. The number of carbonyl (C=O) groups is 2. The molecule has 28 heavy (non-hydrogen) atoms. The molecule has 3 N–H and O–H groups in total. The molecule has 9 heteroatoms. The molecule has 0 aliphatic rings. The molecule has 2 amide bonds. The molecule has 0 bridgehead atoms. The fourth-order valence-corrected chi connectivity index (χ4v) is 2.80. The first kappa shape index (κ1) is 21.2. The smallest absolute Gasteiger partial charge is 0.255 e. The van der Waals surface area contributed by atoms with E-state index in [1.54, 1.807) is 18.2 Å². The maximum atomic E-state index is 12.7. The summed E-state index contributed by atoms with van der Waals surface area (Å²) in [5, 5.41) is 3.28. The average molecular weight is 408 g/mol. The first-order chi connectivity index (χ1) is 13.3. The predicted octanol–water partition coefficient (Wildman–Crippen LogP) is 2.54. The van der Waals surface area contributed by atoms with Gasteiger partial charge in [0.15, 0.2) is 18.1 Å². The van der Waals surface area contributed by atoms with Crippen LogP contribution < -0.4 is 30.2 Å². The standard InChI is InChI=1S/C19H22ClN3O5/c1-23(2)14-6-5-12(9-13(14)20)22-19(25)11-7-15(26-3)18(16(8-11)27-4)28-10-17(21)24/h5-9H,10H2,1-4H3,(H2,21,24)(H,22,25). The van der Waals surface area contributed by atoms with Crippen molar-refractivity contribution in [2.75, 3.05) is 45.1 Å². The Hall–Kier alpha value is -3.13. The molecule has 0 saturated heterocycles. The van der Waals surface area contributed by atoms with Gasteiger partial charge in [-0.1, -0.05) is 11.6 Å². The number of anilines is 2. The molecule has 0 aliphatic heterocycles. The van der Waals surface area contributed by atoms with Crippen molar-refractivity contribution >= 4 is 34.8 Å². The van der Waals surface area contributed by atoms with Crippen LogP contribution >= 0.6 is 11.6 Å². The van der Waals surface area contributed by atoms with Crippen LogP contribution in [0, 0.1) is 0 Å². The third kappa shape index (κ3) is 4.98. The topological polar surface area (TPSA) is 103 Å². The molecular weight excluding hydrogens is 386 g/mol. The number of nitrogens with one attached hydrogen (secondary N) is 1. The molecule has 0 heterocycles. The maximum Gasteiger partial charge on any atom is 0.255 e. The normalized spacial score (nSPS) is 10.2. The van der Waals surface area contributed by atoms with Crippen molar-refractivity contribution in [3.63, 3.8) is 0 Å². The minimum absolute atomic E-state index is 0.179. The summed E-state index contributed by atoms with van der Waals surface area (Å²) in [6.45, 7) is -0.352. The second kappa shape index (κ2) is 9.18. The molecule has 2 rings (SSSR count). The van der Waals surface area contributed by atoms with Crippen LogP contribution in [0.3, 0.4) is 0 Å². The zero-order valence-electron chi connectivity index (χ0n) is 16.0. The van der Waals surface area contributed by atoms with E-state index < -0.39 is 11.8 Å². The van der Waals surface area contributed by atoms with Crippen molar-refractivity contribution in [1.82, 2.24) is 0 Å². The van der Waals surface area contributed by atoms with Gasteiger partial charge in [-0.15, -0.1) is 0 Å². The molecule has 0 fully saturated rings. The van der Waals surface area contributed by atoms with E-state index in [0.29, 0.717) is 10.7 Å². The van der Waals surface area contributed by atoms with Crippen LogP contribution in [0.2, 0.25) is 5.02 Å². The van der Waals surface area contributed by atoms with E-state index in [4.69, 9.17) is 31.5 Å². The zero-order chi connectivity index (χ0) is 20.8. The van der Waals surface area contributed by atoms with Crippen molar-refractivity contribution in [3.05, 3.63) is 40.9 Å². The number of primary amides is 1. The Bertz CT molecular complexity index is 861. The van der Waals surface area contributed by atoms with Gasteiger partial charge < -0.3 is 30.2 Å². The van der Waals surface area contributed by atoms with E-state index in [2.05, 4.69) is 5.32 Å². The molecule has 8 nitrogen and oxygen atoms in total. The second-order valence-electron chi connectivity index (χ2n) is 5.98. The van der Waals surface area contributed by atoms with Gasteiger partial charge in [-0.05, 0) is 30.3 Å². The summed E-state index contributed by atoms with van der Waals surface area (Å²) in [5.41, 5.74) is 6.74. The Balaban J connectivity index is 2.30. The number of halogens is 1. The summed E-state index contributed by atoms with van der Waals surface area (Å²) in [5.74, 6) is -0.409. The monoisotopic (exact) mass is 407 g/mol. The predicted molar refractivity (Wildman–Crippen MR) is 108 cm³/mol. The van der Waals surface area contributed by atoms with Crippen LogP contribution in [0.5, 0.6) is 17.2 Å². The molecule has 0 aromatic heterocycles. The minimum Gasteiger partial charge on any atom is -0.493 e. The largest absolute Gasteiger partial charge is 0.493 e. The van der Waals surface area contributed by atoms with Gasteiger partial charge >= 0.3 is 0 Å². The van der Waals surface area contributed by atoms with E-state index in [0.717, 1.165) is 5.69 Å². The van der Waals surface area contributed by atoms with Crippen LogP contribution in [0.1, 0.15) is 10.4 Å². The average Bonchev–Trinajstić information content (AvgIpc) is 2.65. The van der Waals surface area contributed by atoms with Gasteiger partial charge in [0, 0.05) is 25.3 Å². The van der Waals surface area contributed by atoms with Crippen molar-refractivity contribution < 1.29 is 23.8 Å². The van der Waals surface area contributed by atoms with Gasteiger partial charge in [-0.25, -0.2) is 0 Å². The number of nitrogens with zero attached hydrogens (tertiary/aromatic N) is 1. The number of hydrogen-bond donors (Lipinski definition) is 2. The molecule has 150 valence electrons. The van der Waals surface area contributed by atoms with Gasteiger partial charge in [-0.2, -0.15) is 0 Å². The number of carbonyl (C=O) groups excluding carboxylic acids is 2. The van der Waals surface area contributed by atoms with Crippen LogP contribution in [0.4, 0.5) is 11.4 Å². The van der Waals surface area contributed by atoms with Crippen LogP contribution in [0.25, 0.3) is 0 Å². The molecule has 0 spiro atoms. The Labute approximate surface area is 168 Å². The number of ether oxygens (including phenoxy) is 3. The highest BCUT2D eigenvalue weighted by atomic mass is 35.5. The van der Waals surface area contributed by atoms with E-state index in [1.807, 2.05) is 19.0 Å². The zero-order valence-corrected chi connectivity index (χ0v) is 16.8. The lowest BCUT2D eigenvalue weighted by atomic mass is 10.1. The molecule has 0 radical (unpaired) electrons. The molecule has 0 atom stereocenters. The lowest BCUT2D eigenvalue weighted by Gasteiger charge is -2.17. The third-order valence-electron chi connectivity index (χ3n) is 3.77. The Morgan fingerprint density at radius 2 is 1.71 bits per heavy atom. The van der Waals surface area contributed by atoms with Crippen molar-refractivity contribution in [1.29, 1.82) is 0 Å². The summed E-state index contributed by atoms with van der Waals surface area (Å²) in [4.78, 5) is 25.5. The summed E-state index contributed by atoms with van der Waals surface area (Å²) < 4.78 is 15.9. The van der Waals surface area contributed by atoms with E-state index in [-0.39, 0.29) is 29.4 Å². The van der Waals surface area contributed by atoms with Crippen molar-refractivity contribution in [2.45, 2.75) is 0 Å². The minimum atomic E-state index is -0.649. The van der Waals surface area contributed by atoms with Gasteiger partial charge in [0.25, 0.3) is 11.8 Å². The fraction of sp³-hybridized carbons (Fsp3) is 0.263. The third-order valence-corrected chi connectivity index (χ3v) is 4.07. The Morgan fingerprint density at radius 1 is 1.11 bits per heavy atom. The summed E-state index contributed by atoms with van der Waals surface area (Å²) in [7, 11) is 6.57. The van der Waals surface area contributed by atoms with Gasteiger partial charge in [0.1, 0.15) is 0 Å². The van der Waals surface area contributed by atoms with Crippen LogP contribution in [-0.4, -0.2) is 46.7 Å². The molecule has 0 saturated carbocycles. The van der Waals surface area contributed by atoms with Crippen LogP contribution in [-0.2, 0) is 4.79 Å². The molecule has 2 aromatic rings. The van der Waals surface area contributed by atoms with E-state index in [9.17, 15) is 9.59 Å². The number of nitrogens with two attached hydrogens (primary N) is 1. The molecular formula is C19H22ClN3O5. The fourth-order valence-electron chi connectivity index (χ4n) is 2.45. The highest BCUT2D eigenvalue weighted by Crippen LogP contribution is 2.39. The van der Waals surface area contributed by atoms with E-state index >= 15 is 0 Å². The number of methoxy groups -OCH3 is 2. The number of amides is 2. The number of hydrogen-bond acceptors (Lipinski definition) is 6. The summed E-state index contributed by atoms with van der Waals surface area (Å²) in [6, 6.07) is 8.17. The van der Waals surface area contributed by atoms with Gasteiger partial charge in [0.05, 0.1) is 24.9 Å². The molecule has 0 aliphatic carbocycles. The Kier molecular flexibility index (Phi) is 6.94. The number of benzene rings is 2. The Morgan fingerprint density at radius 3 is 2.18 bits per heavy atom. The SMILES string of the molecule is COc1cc(C(=O)Nc2ccc(N(C)C)c(Cl)c2)cc(OC)c1OCC(N)=O. The van der Waals surface area contributed by atoms with Gasteiger partial charge in [-0.3, -0.25) is 9.59 Å². The molecule has 0 unspecified atom stereocenters. The van der Waals surface area contributed by atoms with Crippen molar-refractivity contribution in [2.24, 2.45) is 5.73 Å². The lowest BCUT2D eigenvalue weighted by Crippen LogP contribution is -2.20. The summed E-state index contributed by atoms with van der Waals surface area (Å²) in [6.07, 6.45) is 0. The second-order valence-corrected chi connectivity index (χ2v) is 6.39. The quantitative estimate of drug-likeness (QED) is 0.697.